The third kappa shape index (κ3) is 3.09. The lowest BCUT2D eigenvalue weighted by molar-refractivity contribution is 0.387. The molecule has 0 saturated heterocycles. The molecule has 2 heterocycles. The first-order chi connectivity index (χ1) is 11.2. The van der Waals surface area contributed by atoms with Crippen LogP contribution in [0.5, 0.6) is 5.75 Å². The molecule has 1 aromatic carbocycles. The highest BCUT2D eigenvalue weighted by Crippen LogP contribution is 2.28. The number of anilines is 3. The number of aromatic nitrogens is 4. The number of nitrogens with zero attached hydrogens (tertiary/aromatic N) is 4. The average molecular weight is 349 g/mol. The van der Waals surface area contributed by atoms with Gasteiger partial charge in [-0.15, -0.1) is 0 Å². The maximum atomic E-state index is 10.7. The van der Waals surface area contributed by atoms with Gasteiger partial charge in [0.25, 0.3) is 0 Å². The Bertz CT molecular complexity index is 1040. The highest BCUT2D eigenvalue weighted by Gasteiger charge is 2.14. The molecule has 0 aliphatic carbocycles. The van der Waals surface area contributed by atoms with E-state index in [0.29, 0.717) is 11.3 Å². The van der Waals surface area contributed by atoms with Crippen LogP contribution in [0.2, 0.25) is 0 Å². The number of rotatable bonds is 3. The molecule has 0 radical (unpaired) electrons. The third-order valence-corrected chi connectivity index (χ3v) is 3.33. The number of nitrogens with two attached hydrogens (primary N) is 3. The maximum Gasteiger partial charge on any atom is 0.446 e. The molecular formula is C12H11N7O4S. The Morgan fingerprint density at radius 3 is 2.21 bits per heavy atom. The number of nitrogen functional groups attached to an aromatic ring is 3. The summed E-state index contributed by atoms with van der Waals surface area (Å²) in [5.41, 5.74) is 18.3. The van der Waals surface area contributed by atoms with Crippen LogP contribution in [0.3, 0.4) is 0 Å². The minimum atomic E-state index is -4.60. The van der Waals surface area contributed by atoms with E-state index in [4.69, 9.17) is 21.8 Å². The normalized spacial score (nSPS) is 11.5. The lowest BCUT2D eigenvalue weighted by atomic mass is 10.1. The van der Waals surface area contributed by atoms with Crippen molar-refractivity contribution in [2.75, 3.05) is 17.2 Å². The highest BCUT2D eigenvalue weighted by atomic mass is 32.3. The smallest absolute Gasteiger partial charge is 0.382 e. The van der Waals surface area contributed by atoms with Crippen molar-refractivity contribution in [1.82, 2.24) is 19.9 Å². The SMILES string of the molecule is Nc1nc(N)c2nc(-c3ccc(OS(=O)(=O)O)cc3)c(N)nc2n1. The van der Waals surface area contributed by atoms with Crippen molar-refractivity contribution < 1.29 is 17.2 Å². The molecule has 0 atom stereocenters. The summed E-state index contributed by atoms with van der Waals surface area (Å²) in [4.78, 5) is 16.1. The highest BCUT2D eigenvalue weighted by molar-refractivity contribution is 7.81. The fraction of sp³-hybridized carbons (Fsp3) is 0. The molecule has 0 saturated carbocycles. The second-order valence-electron chi connectivity index (χ2n) is 4.63. The van der Waals surface area contributed by atoms with Crippen molar-refractivity contribution in [3.8, 4) is 17.0 Å². The monoisotopic (exact) mass is 349 g/mol. The Hall–Kier alpha value is -3.25. The van der Waals surface area contributed by atoms with Gasteiger partial charge in [-0.05, 0) is 24.3 Å². The Morgan fingerprint density at radius 2 is 1.58 bits per heavy atom. The predicted octanol–water partition coefficient (Wildman–Crippen LogP) is 0.0150. The summed E-state index contributed by atoms with van der Waals surface area (Å²) in [7, 11) is -4.60. The summed E-state index contributed by atoms with van der Waals surface area (Å²) < 4.78 is 34.3. The van der Waals surface area contributed by atoms with Crippen LogP contribution >= 0.6 is 0 Å². The molecule has 0 aliphatic rings. The topological polar surface area (TPSA) is 193 Å². The van der Waals surface area contributed by atoms with Crippen molar-refractivity contribution in [2.24, 2.45) is 0 Å². The summed E-state index contributed by atoms with van der Waals surface area (Å²) in [6.07, 6.45) is 0. The molecule has 0 bridgehead atoms. The Labute approximate surface area is 135 Å². The lowest BCUT2D eigenvalue weighted by Crippen LogP contribution is -2.07. The predicted molar refractivity (Wildman–Crippen MR) is 86.0 cm³/mol. The third-order valence-electron chi connectivity index (χ3n) is 2.93. The molecule has 0 fully saturated rings. The van der Waals surface area contributed by atoms with Crippen molar-refractivity contribution in [3.63, 3.8) is 0 Å². The first kappa shape index (κ1) is 15.6. The first-order valence-corrected chi connectivity index (χ1v) is 7.73. The van der Waals surface area contributed by atoms with Crippen LogP contribution in [0.4, 0.5) is 17.6 Å². The summed E-state index contributed by atoms with van der Waals surface area (Å²) in [6, 6.07) is 5.61. The molecule has 24 heavy (non-hydrogen) atoms. The zero-order chi connectivity index (χ0) is 17.5. The zero-order valence-electron chi connectivity index (χ0n) is 11.9. The van der Waals surface area contributed by atoms with Crippen LogP contribution in [-0.4, -0.2) is 32.9 Å². The van der Waals surface area contributed by atoms with Crippen molar-refractivity contribution >= 4 is 39.1 Å². The van der Waals surface area contributed by atoms with Crippen LogP contribution in [0.15, 0.2) is 24.3 Å². The van der Waals surface area contributed by atoms with Crippen molar-refractivity contribution in [1.29, 1.82) is 0 Å². The average Bonchev–Trinajstić information content (AvgIpc) is 2.46. The summed E-state index contributed by atoms with van der Waals surface area (Å²) >= 11 is 0. The number of hydrogen-bond donors (Lipinski definition) is 4. The van der Waals surface area contributed by atoms with Gasteiger partial charge in [-0.1, -0.05) is 0 Å². The van der Waals surface area contributed by atoms with E-state index >= 15 is 0 Å². The molecule has 12 heteroatoms. The Kier molecular flexibility index (Phi) is 3.54. The zero-order valence-corrected chi connectivity index (χ0v) is 12.7. The van der Waals surface area contributed by atoms with Gasteiger partial charge in [0.15, 0.2) is 22.8 Å². The standard InChI is InChI=1S/C12H11N7O4S/c13-9-7(5-1-3-6(4-2-5)23-24(20,21)22)16-8-10(14)18-12(15)19-11(8)17-9/h1-4H,(H,20,21,22)(H6,13,14,15,17,18,19). The van der Waals surface area contributed by atoms with Gasteiger partial charge < -0.3 is 21.4 Å². The van der Waals surface area contributed by atoms with Crippen molar-refractivity contribution in [3.05, 3.63) is 24.3 Å². The van der Waals surface area contributed by atoms with E-state index in [-0.39, 0.29) is 34.5 Å². The van der Waals surface area contributed by atoms with Gasteiger partial charge >= 0.3 is 10.4 Å². The van der Waals surface area contributed by atoms with Gasteiger partial charge in [0.05, 0.1) is 0 Å². The van der Waals surface area contributed by atoms with Gasteiger partial charge in [-0.2, -0.15) is 18.4 Å². The Balaban J connectivity index is 2.07. The molecular weight excluding hydrogens is 338 g/mol. The van der Waals surface area contributed by atoms with Crippen LogP contribution in [0, 0.1) is 0 Å². The van der Waals surface area contributed by atoms with E-state index in [1.54, 1.807) is 0 Å². The maximum absolute atomic E-state index is 10.7. The number of hydrogen-bond acceptors (Lipinski definition) is 10. The second-order valence-corrected chi connectivity index (χ2v) is 5.65. The minimum Gasteiger partial charge on any atom is -0.382 e. The van der Waals surface area contributed by atoms with Crippen LogP contribution in [0.25, 0.3) is 22.4 Å². The van der Waals surface area contributed by atoms with Crippen LogP contribution in [0.1, 0.15) is 0 Å². The van der Waals surface area contributed by atoms with Gasteiger partial charge in [0.1, 0.15) is 11.4 Å². The number of fused-ring (bicyclic) bond motifs is 1. The van der Waals surface area contributed by atoms with Gasteiger partial charge in [0.2, 0.25) is 5.95 Å². The lowest BCUT2D eigenvalue weighted by Gasteiger charge is -2.08. The molecule has 3 rings (SSSR count). The molecule has 0 unspecified atom stereocenters. The summed E-state index contributed by atoms with van der Waals surface area (Å²) in [5, 5.41) is 0. The molecule has 3 aromatic rings. The van der Waals surface area contributed by atoms with Gasteiger partial charge in [0, 0.05) is 5.56 Å². The molecule has 0 spiro atoms. The second kappa shape index (κ2) is 5.43. The summed E-state index contributed by atoms with van der Waals surface area (Å²) in [5.74, 6) is -0.00150. The first-order valence-electron chi connectivity index (χ1n) is 6.36. The fourth-order valence-electron chi connectivity index (χ4n) is 2.00. The molecule has 0 aliphatic heterocycles. The van der Waals surface area contributed by atoms with E-state index in [1.165, 1.54) is 24.3 Å². The van der Waals surface area contributed by atoms with E-state index in [2.05, 4.69) is 24.1 Å². The van der Waals surface area contributed by atoms with E-state index < -0.39 is 10.4 Å². The molecule has 0 amide bonds. The van der Waals surface area contributed by atoms with E-state index in [1.807, 2.05) is 0 Å². The number of benzene rings is 1. The quantitative estimate of drug-likeness (QED) is 0.465. The molecule has 2 aromatic heterocycles. The van der Waals surface area contributed by atoms with Gasteiger partial charge in [-0.25, -0.2) is 9.97 Å². The minimum absolute atomic E-state index is 0.0480. The van der Waals surface area contributed by atoms with E-state index in [9.17, 15) is 8.42 Å². The molecule has 7 N–H and O–H groups in total. The van der Waals surface area contributed by atoms with Crippen LogP contribution in [-0.2, 0) is 10.4 Å². The Morgan fingerprint density at radius 1 is 0.917 bits per heavy atom. The summed E-state index contributed by atoms with van der Waals surface area (Å²) in [6.45, 7) is 0. The van der Waals surface area contributed by atoms with Crippen molar-refractivity contribution in [2.45, 2.75) is 0 Å². The van der Waals surface area contributed by atoms with Crippen LogP contribution < -0.4 is 21.4 Å². The largest absolute Gasteiger partial charge is 0.446 e. The van der Waals surface area contributed by atoms with Gasteiger partial charge in [-0.3, -0.25) is 4.55 Å². The fourth-order valence-corrected chi connectivity index (χ4v) is 2.36. The molecule has 11 nitrogen and oxygen atoms in total. The van der Waals surface area contributed by atoms with E-state index in [0.717, 1.165) is 0 Å². The molecule has 124 valence electrons.